The fourth-order valence-corrected chi connectivity index (χ4v) is 1.74. The smallest absolute Gasteiger partial charge is 0.0705 e. The maximum atomic E-state index is 8.68. The molecule has 0 aliphatic heterocycles. The molecule has 0 saturated heterocycles. The molecule has 0 aliphatic rings. The number of nitriles is 1. The van der Waals surface area contributed by atoms with E-state index < -0.39 is 0 Å². The lowest BCUT2D eigenvalue weighted by molar-refractivity contribution is 1.14. The third-order valence-electron chi connectivity index (χ3n) is 2.77. The molecule has 0 bridgehead atoms. The molecular formula is C15H14N2. The molecular weight excluding hydrogens is 208 g/mol. The van der Waals surface area contributed by atoms with Crippen molar-refractivity contribution in [1.82, 2.24) is 4.98 Å². The van der Waals surface area contributed by atoms with E-state index in [1.54, 1.807) is 6.20 Å². The highest BCUT2D eigenvalue weighted by Crippen LogP contribution is 2.18. The van der Waals surface area contributed by atoms with Gasteiger partial charge in [0.15, 0.2) is 0 Å². The van der Waals surface area contributed by atoms with Gasteiger partial charge in [0.1, 0.15) is 0 Å². The molecule has 17 heavy (non-hydrogen) atoms. The van der Waals surface area contributed by atoms with E-state index in [4.69, 9.17) is 5.26 Å². The predicted octanol–water partition coefficient (Wildman–Crippen LogP) is 3.38. The van der Waals surface area contributed by atoms with E-state index in [0.29, 0.717) is 6.42 Å². The highest BCUT2D eigenvalue weighted by Gasteiger charge is 2.00. The van der Waals surface area contributed by atoms with E-state index in [9.17, 15) is 0 Å². The van der Waals surface area contributed by atoms with E-state index in [1.165, 1.54) is 5.56 Å². The van der Waals surface area contributed by atoms with Crippen LogP contribution in [0.25, 0.3) is 11.3 Å². The van der Waals surface area contributed by atoms with E-state index in [0.717, 1.165) is 23.2 Å². The summed E-state index contributed by atoms with van der Waals surface area (Å²) in [6.45, 7) is 2.14. The minimum absolute atomic E-state index is 0.433. The van der Waals surface area contributed by atoms with Crippen LogP contribution in [0, 0.1) is 11.3 Å². The van der Waals surface area contributed by atoms with Gasteiger partial charge in [-0.3, -0.25) is 4.98 Å². The first-order valence-corrected chi connectivity index (χ1v) is 5.74. The zero-order valence-corrected chi connectivity index (χ0v) is 9.85. The first-order valence-electron chi connectivity index (χ1n) is 5.74. The molecule has 2 nitrogen and oxygen atoms in total. The van der Waals surface area contributed by atoms with Crippen LogP contribution in [0.15, 0.2) is 42.6 Å². The third kappa shape index (κ3) is 2.70. The summed E-state index contributed by atoms with van der Waals surface area (Å²) in [4.78, 5) is 4.34. The fourth-order valence-electron chi connectivity index (χ4n) is 1.74. The van der Waals surface area contributed by atoms with Gasteiger partial charge < -0.3 is 0 Å². The van der Waals surface area contributed by atoms with E-state index in [-0.39, 0.29) is 0 Å². The van der Waals surface area contributed by atoms with Gasteiger partial charge in [-0.25, -0.2) is 0 Å². The molecule has 0 fully saturated rings. The molecule has 2 heteroatoms. The highest BCUT2D eigenvalue weighted by molar-refractivity contribution is 5.60. The molecule has 1 heterocycles. The molecule has 0 atom stereocenters. The van der Waals surface area contributed by atoms with Crippen LogP contribution in [0.4, 0.5) is 0 Å². The van der Waals surface area contributed by atoms with Gasteiger partial charge >= 0.3 is 0 Å². The van der Waals surface area contributed by atoms with Crippen molar-refractivity contribution in [2.75, 3.05) is 0 Å². The standard InChI is InChI=1S/C15H14N2/c1-2-12-3-5-14(6-4-12)15-11-13(7-9-16)8-10-17-15/h3-6,8,10-11H,2,7H2,1H3. The molecule has 0 N–H and O–H groups in total. The molecule has 0 aliphatic carbocycles. The Hall–Kier alpha value is -2.14. The van der Waals surface area contributed by atoms with Crippen LogP contribution in [-0.2, 0) is 12.8 Å². The van der Waals surface area contributed by atoms with Crippen LogP contribution >= 0.6 is 0 Å². The number of aromatic nitrogens is 1. The monoisotopic (exact) mass is 222 g/mol. The first-order chi connectivity index (χ1) is 8.33. The van der Waals surface area contributed by atoms with Gasteiger partial charge in [-0.05, 0) is 29.7 Å². The fraction of sp³-hybridized carbons (Fsp3) is 0.200. The second-order valence-corrected chi connectivity index (χ2v) is 3.93. The highest BCUT2D eigenvalue weighted by atomic mass is 14.7. The predicted molar refractivity (Wildman–Crippen MR) is 68.4 cm³/mol. The van der Waals surface area contributed by atoms with Crippen LogP contribution in [0.3, 0.4) is 0 Å². The van der Waals surface area contributed by atoms with Gasteiger partial charge in [0.2, 0.25) is 0 Å². The molecule has 0 radical (unpaired) electrons. The summed E-state index contributed by atoms with van der Waals surface area (Å²) >= 11 is 0. The second-order valence-electron chi connectivity index (χ2n) is 3.93. The summed E-state index contributed by atoms with van der Waals surface area (Å²) in [6, 6.07) is 14.4. The molecule has 1 aromatic carbocycles. The van der Waals surface area contributed by atoms with Crippen molar-refractivity contribution in [1.29, 1.82) is 5.26 Å². The number of aryl methyl sites for hydroxylation is 1. The average molecular weight is 222 g/mol. The molecule has 0 amide bonds. The molecule has 2 aromatic rings. The molecule has 2 rings (SSSR count). The van der Waals surface area contributed by atoms with Gasteiger partial charge in [-0.1, -0.05) is 31.2 Å². The molecule has 0 saturated carbocycles. The molecule has 84 valence electrons. The lowest BCUT2D eigenvalue weighted by Crippen LogP contribution is -1.88. The van der Waals surface area contributed by atoms with E-state index in [1.807, 2.05) is 12.1 Å². The van der Waals surface area contributed by atoms with Crippen LogP contribution in [-0.4, -0.2) is 4.98 Å². The molecule has 0 spiro atoms. The maximum Gasteiger partial charge on any atom is 0.0705 e. The van der Waals surface area contributed by atoms with Gasteiger partial charge in [0.25, 0.3) is 0 Å². The Balaban J connectivity index is 2.32. The Labute approximate surface area is 102 Å². The third-order valence-corrected chi connectivity index (χ3v) is 2.77. The Morgan fingerprint density at radius 1 is 1.12 bits per heavy atom. The van der Waals surface area contributed by atoms with Crippen molar-refractivity contribution in [3.05, 3.63) is 53.7 Å². The van der Waals surface area contributed by atoms with Gasteiger partial charge in [0, 0.05) is 11.8 Å². The SMILES string of the molecule is CCc1ccc(-c2cc(CC#N)ccn2)cc1. The number of benzene rings is 1. The Kier molecular flexibility index (Phi) is 3.52. The van der Waals surface area contributed by atoms with Crippen molar-refractivity contribution < 1.29 is 0 Å². The quantitative estimate of drug-likeness (QED) is 0.798. The number of hydrogen-bond donors (Lipinski definition) is 0. The van der Waals surface area contributed by atoms with Crippen LogP contribution in [0.5, 0.6) is 0 Å². The summed E-state index contributed by atoms with van der Waals surface area (Å²) in [5.41, 5.74) is 4.36. The Morgan fingerprint density at radius 3 is 2.53 bits per heavy atom. The number of rotatable bonds is 3. The van der Waals surface area contributed by atoms with Crippen LogP contribution < -0.4 is 0 Å². The lowest BCUT2D eigenvalue weighted by atomic mass is 10.1. The number of hydrogen-bond acceptors (Lipinski definition) is 2. The zero-order valence-electron chi connectivity index (χ0n) is 9.85. The van der Waals surface area contributed by atoms with E-state index >= 15 is 0 Å². The van der Waals surface area contributed by atoms with Crippen molar-refractivity contribution >= 4 is 0 Å². The second kappa shape index (κ2) is 5.27. The van der Waals surface area contributed by atoms with Crippen molar-refractivity contribution in [2.45, 2.75) is 19.8 Å². The minimum Gasteiger partial charge on any atom is -0.256 e. The number of nitrogens with zero attached hydrogens (tertiary/aromatic N) is 2. The largest absolute Gasteiger partial charge is 0.256 e. The Bertz CT molecular complexity index is 536. The van der Waals surface area contributed by atoms with Crippen molar-refractivity contribution in [3.63, 3.8) is 0 Å². The lowest BCUT2D eigenvalue weighted by Gasteiger charge is -2.03. The van der Waals surface area contributed by atoms with Crippen LogP contribution in [0.1, 0.15) is 18.1 Å². The van der Waals surface area contributed by atoms with E-state index in [2.05, 4.69) is 42.2 Å². The number of pyridine rings is 1. The van der Waals surface area contributed by atoms with Crippen molar-refractivity contribution in [2.24, 2.45) is 0 Å². The summed E-state index contributed by atoms with van der Waals surface area (Å²) in [6.07, 6.45) is 3.24. The normalized spacial score (nSPS) is 9.88. The molecule has 1 aromatic heterocycles. The first kappa shape index (κ1) is 11.3. The average Bonchev–Trinajstić information content (AvgIpc) is 2.40. The van der Waals surface area contributed by atoms with Gasteiger partial charge in [-0.15, -0.1) is 0 Å². The maximum absolute atomic E-state index is 8.68. The summed E-state index contributed by atoms with van der Waals surface area (Å²) in [5.74, 6) is 0. The van der Waals surface area contributed by atoms with Crippen molar-refractivity contribution in [3.8, 4) is 17.3 Å². The molecule has 0 unspecified atom stereocenters. The van der Waals surface area contributed by atoms with Gasteiger partial charge in [0.05, 0.1) is 18.2 Å². The van der Waals surface area contributed by atoms with Gasteiger partial charge in [-0.2, -0.15) is 5.26 Å². The summed E-state index contributed by atoms with van der Waals surface area (Å²) in [5, 5.41) is 8.68. The van der Waals surface area contributed by atoms with Crippen LogP contribution in [0.2, 0.25) is 0 Å². The zero-order chi connectivity index (χ0) is 12.1. The minimum atomic E-state index is 0.433. The topological polar surface area (TPSA) is 36.7 Å². The summed E-state index contributed by atoms with van der Waals surface area (Å²) in [7, 11) is 0. The summed E-state index contributed by atoms with van der Waals surface area (Å²) < 4.78 is 0. The Morgan fingerprint density at radius 2 is 1.88 bits per heavy atom.